The first-order chi connectivity index (χ1) is 14.6. The Hall–Kier alpha value is -2.38. The fourth-order valence-electron chi connectivity index (χ4n) is 4.38. The summed E-state index contributed by atoms with van der Waals surface area (Å²) in [4.78, 5) is 13.3. The predicted octanol–water partition coefficient (Wildman–Crippen LogP) is 3.90. The third-order valence-electron chi connectivity index (χ3n) is 5.93. The van der Waals surface area contributed by atoms with Gasteiger partial charge in [-0.3, -0.25) is 4.79 Å². The summed E-state index contributed by atoms with van der Waals surface area (Å²) in [6.07, 6.45) is 1.34. The van der Waals surface area contributed by atoms with Crippen LogP contribution in [0.1, 0.15) is 48.1 Å². The summed E-state index contributed by atoms with van der Waals surface area (Å²) in [6.45, 7) is 8.19. The highest BCUT2D eigenvalue weighted by atomic mass is 32.2. The van der Waals surface area contributed by atoms with Crippen molar-refractivity contribution in [2.45, 2.75) is 51.5 Å². The first kappa shape index (κ1) is 23.3. The number of sulfonamides is 1. The zero-order chi connectivity index (χ0) is 22.8. The molecular weight excluding hydrogens is 412 g/mol. The second-order valence-electron chi connectivity index (χ2n) is 8.43. The summed E-state index contributed by atoms with van der Waals surface area (Å²) in [6, 6.07) is 11.2. The Balaban J connectivity index is 1.73. The molecule has 0 radical (unpaired) electrons. The van der Waals surface area contributed by atoms with Gasteiger partial charge in [0, 0.05) is 13.1 Å². The van der Waals surface area contributed by atoms with Crippen LogP contribution in [0.3, 0.4) is 0 Å². The van der Waals surface area contributed by atoms with Gasteiger partial charge < -0.3 is 10.1 Å². The number of aryl methyl sites for hydroxylation is 3. The summed E-state index contributed by atoms with van der Waals surface area (Å²) in [7, 11) is -2.04. The maximum atomic E-state index is 13.4. The number of carbonyl (C=O) groups is 1. The molecule has 168 valence electrons. The van der Waals surface area contributed by atoms with Crippen LogP contribution in [0.5, 0.6) is 5.75 Å². The van der Waals surface area contributed by atoms with E-state index in [1.165, 1.54) is 4.31 Å². The Morgan fingerprint density at radius 1 is 1.13 bits per heavy atom. The molecule has 1 amide bonds. The number of hydrogen-bond donors (Lipinski definition) is 1. The van der Waals surface area contributed by atoms with Gasteiger partial charge in [-0.1, -0.05) is 29.8 Å². The van der Waals surface area contributed by atoms with E-state index in [1.54, 1.807) is 7.11 Å². The molecule has 0 aliphatic carbocycles. The number of benzene rings is 2. The van der Waals surface area contributed by atoms with Gasteiger partial charge in [-0.2, -0.15) is 4.31 Å². The number of piperidine rings is 1. The van der Waals surface area contributed by atoms with E-state index in [4.69, 9.17) is 4.74 Å². The molecule has 7 heteroatoms. The van der Waals surface area contributed by atoms with Gasteiger partial charge in [-0.25, -0.2) is 8.42 Å². The monoisotopic (exact) mass is 444 g/mol. The standard InChI is InChI=1S/C24H32N2O4S/c1-16-13-17(2)23(18(3)14-16)31(28,29)26-12-6-7-21(15-26)24(27)25-19(4)20-8-10-22(30-5)11-9-20/h8-11,13-14,19,21H,6-7,12,15H2,1-5H3,(H,25,27)/t19-,21-/m1/s1. The van der Waals surface area contributed by atoms with Crippen LogP contribution in [0.2, 0.25) is 0 Å². The van der Waals surface area contributed by atoms with Crippen LogP contribution in [-0.2, 0) is 14.8 Å². The van der Waals surface area contributed by atoms with Crippen molar-refractivity contribution in [1.82, 2.24) is 9.62 Å². The molecular formula is C24H32N2O4S. The number of ether oxygens (including phenoxy) is 1. The zero-order valence-electron chi connectivity index (χ0n) is 18.9. The van der Waals surface area contributed by atoms with E-state index in [1.807, 2.05) is 64.1 Å². The molecule has 2 aromatic carbocycles. The van der Waals surface area contributed by atoms with Crippen LogP contribution in [0, 0.1) is 26.7 Å². The van der Waals surface area contributed by atoms with E-state index in [0.29, 0.717) is 24.3 Å². The molecule has 0 saturated carbocycles. The molecule has 2 atom stereocenters. The third-order valence-corrected chi connectivity index (χ3v) is 8.10. The largest absolute Gasteiger partial charge is 0.497 e. The summed E-state index contributed by atoms with van der Waals surface area (Å²) < 4.78 is 33.4. The molecule has 0 unspecified atom stereocenters. The van der Waals surface area contributed by atoms with Crippen LogP contribution < -0.4 is 10.1 Å². The second-order valence-corrected chi connectivity index (χ2v) is 10.3. The van der Waals surface area contributed by atoms with Crippen LogP contribution >= 0.6 is 0 Å². The summed E-state index contributed by atoms with van der Waals surface area (Å²) in [5.41, 5.74) is 3.51. The van der Waals surface area contributed by atoms with E-state index in [-0.39, 0.29) is 24.4 Å². The van der Waals surface area contributed by atoms with Crippen molar-refractivity contribution in [3.8, 4) is 5.75 Å². The Labute approximate surface area is 185 Å². The second kappa shape index (κ2) is 9.40. The van der Waals surface area contributed by atoms with Gasteiger partial charge >= 0.3 is 0 Å². The lowest BCUT2D eigenvalue weighted by Gasteiger charge is -2.32. The van der Waals surface area contributed by atoms with Gasteiger partial charge in [0.05, 0.1) is 24.0 Å². The first-order valence-electron chi connectivity index (χ1n) is 10.7. The molecule has 0 spiro atoms. The Bertz CT molecular complexity index is 1020. The van der Waals surface area contributed by atoms with Crippen molar-refractivity contribution in [3.63, 3.8) is 0 Å². The van der Waals surface area contributed by atoms with E-state index in [0.717, 1.165) is 28.0 Å². The van der Waals surface area contributed by atoms with E-state index in [9.17, 15) is 13.2 Å². The van der Waals surface area contributed by atoms with Gasteiger partial charge in [0.2, 0.25) is 15.9 Å². The van der Waals surface area contributed by atoms with Crippen molar-refractivity contribution in [2.75, 3.05) is 20.2 Å². The molecule has 6 nitrogen and oxygen atoms in total. The van der Waals surface area contributed by atoms with Crippen molar-refractivity contribution < 1.29 is 17.9 Å². The Kier molecular flexibility index (Phi) is 7.06. The molecule has 0 bridgehead atoms. The Morgan fingerprint density at radius 2 is 1.74 bits per heavy atom. The molecule has 1 saturated heterocycles. The number of methoxy groups -OCH3 is 1. The lowest BCUT2D eigenvalue weighted by molar-refractivity contribution is -0.126. The average Bonchev–Trinajstić information content (AvgIpc) is 2.73. The quantitative estimate of drug-likeness (QED) is 0.733. The fourth-order valence-corrected chi connectivity index (χ4v) is 6.32. The normalized spacial score (nSPS) is 18.4. The number of rotatable bonds is 6. The molecule has 1 heterocycles. The molecule has 1 fully saturated rings. The lowest BCUT2D eigenvalue weighted by atomic mass is 9.98. The maximum Gasteiger partial charge on any atom is 0.243 e. The molecule has 1 aliphatic heterocycles. The Morgan fingerprint density at radius 3 is 2.32 bits per heavy atom. The highest BCUT2D eigenvalue weighted by Gasteiger charge is 2.35. The van der Waals surface area contributed by atoms with Crippen molar-refractivity contribution in [1.29, 1.82) is 0 Å². The van der Waals surface area contributed by atoms with E-state index in [2.05, 4.69) is 5.32 Å². The van der Waals surface area contributed by atoms with Crippen LogP contribution in [0.25, 0.3) is 0 Å². The number of amides is 1. The fraction of sp³-hybridized carbons (Fsp3) is 0.458. The number of carbonyl (C=O) groups excluding carboxylic acids is 1. The average molecular weight is 445 g/mol. The highest BCUT2D eigenvalue weighted by molar-refractivity contribution is 7.89. The van der Waals surface area contributed by atoms with Crippen LogP contribution in [0.4, 0.5) is 0 Å². The summed E-state index contributed by atoms with van der Waals surface area (Å²) in [5, 5.41) is 3.04. The third kappa shape index (κ3) is 5.10. The molecule has 2 aromatic rings. The summed E-state index contributed by atoms with van der Waals surface area (Å²) >= 11 is 0. The smallest absolute Gasteiger partial charge is 0.243 e. The number of nitrogens with zero attached hydrogens (tertiary/aromatic N) is 1. The lowest BCUT2D eigenvalue weighted by Crippen LogP contribution is -2.46. The van der Waals surface area contributed by atoms with Crippen molar-refractivity contribution >= 4 is 15.9 Å². The van der Waals surface area contributed by atoms with Gasteiger partial charge in [0.1, 0.15) is 5.75 Å². The highest BCUT2D eigenvalue weighted by Crippen LogP contribution is 2.29. The number of nitrogens with one attached hydrogen (secondary N) is 1. The molecule has 31 heavy (non-hydrogen) atoms. The zero-order valence-corrected chi connectivity index (χ0v) is 19.8. The molecule has 3 rings (SSSR count). The molecule has 1 N–H and O–H groups in total. The van der Waals surface area contributed by atoms with Gasteiger partial charge in [0.25, 0.3) is 0 Å². The SMILES string of the molecule is COc1ccc([C@@H](C)NC(=O)[C@@H]2CCCN(S(=O)(=O)c3c(C)cc(C)cc3C)C2)cc1. The van der Waals surface area contributed by atoms with Gasteiger partial charge in [-0.05, 0) is 69.4 Å². The topological polar surface area (TPSA) is 75.7 Å². The minimum atomic E-state index is -3.66. The van der Waals surface area contributed by atoms with Crippen LogP contribution in [-0.4, -0.2) is 38.8 Å². The minimum Gasteiger partial charge on any atom is -0.497 e. The van der Waals surface area contributed by atoms with E-state index < -0.39 is 10.0 Å². The van der Waals surface area contributed by atoms with Crippen molar-refractivity contribution in [3.05, 3.63) is 58.7 Å². The predicted molar refractivity (Wildman–Crippen MR) is 122 cm³/mol. The summed E-state index contributed by atoms with van der Waals surface area (Å²) in [5.74, 6) is 0.285. The maximum absolute atomic E-state index is 13.4. The first-order valence-corrected chi connectivity index (χ1v) is 12.1. The van der Waals surface area contributed by atoms with E-state index >= 15 is 0 Å². The van der Waals surface area contributed by atoms with Gasteiger partial charge in [-0.15, -0.1) is 0 Å². The minimum absolute atomic E-state index is 0.111. The molecule has 1 aliphatic rings. The molecule has 0 aromatic heterocycles. The van der Waals surface area contributed by atoms with Crippen molar-refractivity contribution in [2.24, 2.45) is 5.92 Å². The number of hydrogen-bond acceptors (Lipinski definition) is 4. The van der Waals surface area contributed by atoms with Gasteiger partial charge in [0.15, 0.2) is 0 Å². The van der Waals surface area contributed by atoms with Crippen LogP contribution in [0.15, 0.2) is 41.3 Å².